The third-order valence-corrected chi connectivity index (χ3v) is 6.04. The van der Waals surface area contributed by atoms with Crippen molar-refractivity contribution in [2.24, 2.45) is 0 Å². The summed E-state index contributed by atoms with van der Waals surface area (Å²) in [7, 11) is 0. The molecule has 5 rings (SSSR count). The number of nitrogens with one attached hydrogen (secondary N) is 2. The molecule has 7 nitrogen and oxygen atoms in total. The van der Waals surface area contributed by atoms with Crippen molar-refractivity contribution >= 4 is 16.9 Å². The lowest BCUT2D eigenvalue weighted by Gasteiger charge is -2.29. The number of fused-ring (bicyclic) bond motifs is 2. The molecule has 1 fully saturated rings. The quantitative estimate of drug-likeness (QED) is 0.734. The average Bonchev–Trinajstić information content (AvgIpc) is 3.36. The van der Waals surface area contributed by atoms with Crippen LogP contribution in [0.25, 0.3) is 11.0 Å². The van der Waals surface area contributed by atoms with Gasteiger partial charge in [-0.05, 0) is 68.7 Å². The Kier molecular flexibility index (Phi) is 4.22. The largest absolute Gasteiger partial charge is 0.349 e. The fraction of sp³-hybridized carbons (Fsp3) is 0.429. The SMILES string of the molecule is O=C(NC1CCC(n2nc3c(cc2=O)CCC3)CC1)c1ccc2nc[nH]c2c1. The summed E-state index contributed by atoms with van der Waals surface area (Å²) in [4.78, 5) is 32.2. The number of hydrogen-bond acceptors (Lipinski definition) is 4. The molecular weight excluding hydrogens is 354 g/mol. The van der Waals surface area contributed by atoms with E-state index in [-0.39, 0.29) is 23.6 Å². The maximum Gasteiger partial charge on any atom is 0.267 e. The molecule has 0 saturated heterocycles. The van der Waals surface area contributed by atoms with Crippen LogP contribution >= 0.6 is 0 Å². The Bertz CT molecular complexity index is 1090. The molecule has 0 unspecified atom stereocenters. The molecule has 2 N–H and O–H groups in total. The highest BCUT2D eigenvalue weighted by Crippen LogP contribution is 2.28. The summed E-state index contributed by atoms with van der Waals surface area (Å²) in [5.74, 6) is -0.0622. The number of aromatic nitrogens is 4. The van der Waals surface area contributed by atoms with Gasteiger partial charge in [0, 0.05) is 17.7 Å². The minimum atomic E-state index is -0.0622. The molecule has 28 heavy (non-hydrogen) atoms. The van der Waals surface area contributed by atoms with Crippen LogP contribution in [0.3, 0.4) is 0 Å². The molecule has 1 aromatic carbocycles. The lowest BCUT2D eigenvalue weighted by atomic mass is 9.91. The number of carbonyl (C=O) groups is 1. The molecule has 2 aromatic heterocycles. The maximum atomic E-state index is 12.6. The van der Waals surface area contributed by atoms with Gasteiger partial charge < -0.3 is 10.3 Å². The van der Waals surface area contributed by atoms with E-state index in [1.54, 1.807) is 23.1 Å². The first-order chi connectivity index (χ1) is 13.7. The van der Waals surface area contributed by atoms with Gasteiger partial charge in [-0.2, -0.15) is 5.10 Å². The van der Waals surface area contributed by atoms with E-state index in [4.69, 9.17) is 0 Å². The number of carbonyl (C=O) groups excluding carboxylic acids is 1. The van der Waals surface area contributed by atoms with E-state index in [0.717, 1.165) is 67.2 Å². The summed E-state index contributed by atoms with van der Waals surface area (Å²) in [5.41, 5.74) is 4.57. The normalized spacial score (nSPS) is 21.6. The van der Waals surface area contributed by atoms with Crippen LogP contribution in [0.2, 0.25) is 0 Å². The van der Waals surface area contributed by atoms with E-state index in [1.165, 1.54) is 0 Å². The summed E-state index contributed by atoms with van der Waals surface area (Å²) in [5, 5.41) is 7.78. The molecule has 1 saturated carbocycles. The van der Waals surface area contributed by atoms with Gasteiger partial charge in [0.05, 0.1) is 29.1 Å². The predicted molar refractivity (Wildman–Crippen MR) is 105 cm³/mol. The lowest BCUT2D eigenvalue weighted by molar-refractivity contribution is 0.0921. The van der Waals surface area contributed by atoms with Crippen LogP contribution in [0.5, 0.6) is 0 Å². The van der Waals surface area contributed by atoms with Gasteiger partial charge in [0.15, 0.2) is 0 Å². The van der Waals surface area contributed by atoms with Crippen LogP contribution < -0.4 is 10.9 Å². The second-order valence-corrected chi connectivity index (χ2v) is 7.87. The van der Waals surface area contributed by atoms with Gasteiger partial charge in [-0.15, -0.1) is 0 Å². The minimum Gasteiger partial charge on any atom is -0.349 e. The van der Waals surface area contributed by atoms with E-state index in [0.29, 0.717) is 5.56 Å². The number of aromatic amines is 1. The number of benzene rings is 1. The highest BCUT2D eigenvalue weighted by Gasteiger charge is 2.26. The zero-order valence-electron chi connectivity index (χ0n) is 15.6. The summed E-state index contributed by atoms with van der Waals surface area (Å²) in [6.07, 6.45) is 8.09. The smallest absolute Gasteiger partial charge is 0.267 e. The Morgan fingerprint density at radius 1 is 1.14 bits per heavy atom. The third-order valence-electron chi connectivity index (χ3n) is 6.04. The third kappa shape index (κ3) is 3.10. The second-order valence-electron chi connectivity index (χ2n) is 7.87. The van der Waals surface area contributed by atoms with E-state index >= 15 is 0 Å². The Balaban J connectivity index is 1.23. The molecule has 144 valence electrons. The van der Waals surface area contributed by atoms with Crippen LogP contribution in [0.15, 0.2) is 35.4 Å². The number of imidazole rings is 1. The molecule has 2 heterocycles. The van der Waals surface area contributed by atoms with Crippen molar-refractivity contribution in [3.05, 3.63) is 57.8 Å². The van der Waals surface area contributed by atoms with Gasteiger partial charge in [0.2, 0.25) is 0 Å². The Labute approximate surface area is 162 Å². The molecule has 3 aromatic rings. The molecule has 2 aliphatic rings. The first-order valence-electron chi connectivity index (χ1n) is 10.0. The summed E-state index contributed by atoms with van der Waals surface area (Å²) < 4.78 is 1.69. The number of amides is 1. The van der Waals surface area contributed by atoms with Crippen molar-refractivity contribution in [2.75, 3.05) is 0 Å². The van der Waals surface area contributed by atoms with Crippen LogP contribution in [-0.2, 0) is 12.8 Å². The van der Waals surface area contributed by atoms with Crippen LogP contribution in [0.1, 0.15) is 59.8 Å². The molecular formula is C21H23N5O2. The molecule has 0 bridgehead atoms. The number of rotatable bonds is 3. The van der Waals surface area contributed by atoms with Crippen molar-refractivity contribution in [2.45, 2.75) is 57.0 Å². The van der Waals surface area contributed by atoms with Crippen molar-refractivity contribution in [3.8, 4) is 0 Å². The number of H-pyrrole nitrogens is 1. The van der Waals surface area contributed by atoms with Crippen molar-refractivity contribution in [1.82, 2.24) is 25.1 Å². The number of hydrogen-bond donors (Lipinski definition) is 2. The van der Waals surface area contributed by atoms with Crippen LogP contribution in [-0.4, -0.2) is 31.7 Å². The van der Waals surface area contributed by atoms with Gasteiger partial charge in [-0.25, -0.2) is 9.67 Å². The first-order valence-corrected chi connectivity index (χ1v) is 10.0. The highest BCUT2D eigenvalue weighted by molar-refractivity contribution is 5.97. The summed E-state index contributed by atoms with van der Waals surface area (Å²) in [6.45, 7) is 0. The summed E-state index contributed by atoms with van der Waals surface area (Å²) >= 11 is 0. The Hall–Kier alpha value is -2.96. The van der Waals surface area contributed by atoms with E-state index in [9.17, 15) is 9.59 Å². The van der Waals surface area contributed by atoms with E-state index < -0.39 is 0 Å². The molecule has 7 heteroatoms. The number of nitrogens with zero attached hydrogens (tertiary/aromatic N) is 3. The monoisotopic (exact) mass is 377 g/mol. The molecule has 0 aliphatic heterocycles. The van der Waals surface area contributed by atoms with Crippen molar-refractivity contribution in [3.63, 3.8) is 0 Å². The fourth-order valence-corrected chi connectivity index (χ4v) is 4.49. The zero-order chi connectivity index (χ0) is 19.1. The topological polar surface area (TPSA) is 92.7 Å². The van der Waals surface area contributed by atoms with Gasteiger partial charge in [-0.3, -0.25) is 9.59 Å². The van der Waals surface area contributed by atoms with Crippen molar-refractivity contribution < 1.29 is 4.79 Å². The molecule has 0 spiro atoms. The molecule has 2 aliphatic carbocycles. The molecule has 0 radical (unpaired) electrons. The predicted octanol–water partition coefficient (Wildman–Crippen LogP) is 2.52. The number of aryl methyl sites for hydroxylation is 2. The zero-order valence-corrected chi connectivity index (χ0v) is 15.6. The molecule has 1 amide bonds. The average molecular weight is 377 g/mol. The standard InChI is InChI=1S/C21H23N5O2/c27-20-11-13-2-1-3-17(13)25-26(20)16-7-5-15(6-8-16)24-21(28)14-4-9-18-19(10-14)23-12-22-18/h4,9-12,15-16H,1-3,5-8H2,(H,22,23)(H,24,28). The lowest BCUT2D eigenvalue weighted by Crippen LogP contribution is -2.39. The van der Waals surface area contributed by atoms with E-state index in [2.05, 4.69) is 20.4 Å². The molecule has 0 atom stereocenters. The van der Waals surface area contributed by atoms with Gasteiger partial charge in [-0.1, -0.05) is 0 Å². The fourth-order valence-electron chi connectivity index (χ4n) is 4.49. The second kappa shape index (κ2) is 6.89. The van der Waals surface area contributed by atoms with Crippen LogP contribution in [0.4, 0.5) is 0 Å². The first kappa shape index (κ1) is 17.2. The minimum absolute atomic E-state index is 0.0148. The van der Waals surface area contributed by atoms with E-state index in [1.807, 2.05) is 12.1 Å². The van der Waals surface area contributed by atoms with Crippen LogP contribution in [0, 0.1) is 0 Å². The van der Waals surface area contributed by atoms with Gasteiger partial charge >= 0.3 is 0 Å². The maximum absolute atomic E-state index is 12.6. The van der Waals surface area contributed by atoms with Gasteiger partial charge in [0.1, 0.15) is 0 Å². The highest BCUT2D eigenvalue weighted by atomic mass is 16.1. The summed E-state index contributed by atoms with van der Waals surface area (Å²) in [6, 6.07) is 7.52. The Morgan fingerprint density at radius 2 is 2.00 bits per heavy atom. The van der Waals surface area contributed by atoms with Crippen molar-refractivity contribution in [1.29, 1.82) is 0 Å². The Morgan fingerprint density at radius 3 is 2.86 bits per heavy atom. The van der Waals surface area contributed by atoms with Gasteiger partial charge in [0.25, 0.3) is 11.5 Å².